The number of benzene rings is 1. The molecule has 0 amide bonds. The number of ketones is 1. The van der Waals surface area contributed by atoms with Gasteiger partial charge in [-0.3, -0.25) is 4.79 Å². The third kappa shape index (κ3) is 3.04. The smallest absolute Gasteiger partial charge is 0.140 e. The molecule has 108 valence electrons. The normalized spacial score (nSPS) is 25.6. The van der Waals surface area contributed by atoms with Crippen molar-refractivity contribution in [1.82, 2.24) is 0 Å². The quantitative estimate of drug-likeness (QED) is 0.843. The number of carbonyl (C=O) groups is 1. The summed E-state index contributed by atoms with van der Waals surface area (Å²) in [5, 5.41) is 0. The van der Waals surface area contributed by atoms with E-state index in [1.807, 2.05) is 24.3 Å². The molecule has 1 aromatic rings. The maximum absolute atomic E-state index is 12.5. The van der Waals surface area contributed by atoms with E-state index in [0.717, 1.165) is 43.6 Å². The lowest BCUT2D eigenvalue weighted by Gasteiger charge is -2.26. The molecule has 0 aromatic heterocycles. The van der Waals surface area contributed by atoms with Crippen LogP contribution in [0.25, 0.3) is 0 Å². The van der Waals surface area contributed by atoms with E-state index in [-0.39, 0.29) is 5.92 Å². The first kappa shape index (κ1) is 13.6. The van der Waals surface area contributed by atoms with Gasteiger partial charge in [0.05, 0.1) is 12.7 Å². The Labute approximate surface area is 120 Å². The molecular formula is C17H22O3. The molecule has 0 spiro atoms. The molecule has 0 radical (unpaired) electrons. The fourth-order valence-electron chi connectivity index (χ4n) is 3.19. The average molecular weight is 274 g/mol. The Morgan fingerprint density at radius 1 is 1.15 bits per heavy atom. The molecule has 1 fully saturated rings. The summed E-state index contributed by atoms with van der Waals surface area (Å²) in [6.45, 7) is 1.51. The Balaban J connectivity index is 1.60. The summed E-state index contributed by atoms with van der Waals surface area (Å²) in [4.78, 5) is 12.5. The third-order valence-corrected chi connectivity index (χ3v) is 4.33. The average Bonchev–Trinajstić information content (AvgIpc) is 2.53. The van der Waals surface area contributed by atoms with Gasteiger partial charge in [0.2, 0.25) is 0 Å². The highest BCUT2D eigenvalue weighted by atomic mass is 16.5. The number of rotatable bonds is 4. The van der Waals surface area contributed by atoms with Crippen molar-refractivity contribution < 1.29 is 14.3 Å². The van der Waals surface area contributed by atoms with Crippen LogP contribution in [0.1, 0.15) is 50.0 Å². The maximum Gasteiger partial charge on any atom is 0.140 e. The topological polar surface area (TPSA) is 35.5 Å². The van der Waals surface area contributed by atoms with Gasteiger partial charge in [-0.05, 0) is 38.2 Å². The minimum atomic E-state index is 0.0172. The van der Waals surface area contributed by atoms with Gasteiger partial charge in [-0.2, -0.15) is 0 Å². The fourth-order valence-corrected chi connectivity index (χ4v) is 3.19. The molecule has 0 N–H and O–H groups in total. The SMILES string of the molecule is O=C(CCC1CCCCO1)C1CCOc2ccccc21. The van der Waals surface area contributed by atoms with E-state index in [4.69, 9.17) is 9.47 Å². The van der Waals surface area contributed by atoms with Crippen LogP contribution in [0.4, 0.5) is 0 Å². The molecule has 2 aliphatic rings. The second kappa shape index (κ2) is 6.40. The van der Waals surface area contributed by atoms with E-state index >= 15 is 0 Å². The summed E-state index contributed by atoms with van der Waals surface area (Å²) in [6.07, 6.45) is 6.11. The third-order valence-electron chi connectivity index (χ3n) is 4.33. The predicted octanol–water partition coefficient (Wildman–Crippen LogP) is 3.47. The lowest BCUT2D eigenvalue weighted by Crippen LogP contribution is -2.24. The highest BCUT2D eigenvalue weighted by Crippen LogP contribution is 2.35. The van der Waals surface area contributed by atoms with Gasteiger partial charge in [0.15, 0.2) is 0 Å². The maximum atomic E-state index is 12.5. The van der Waals surface area contributed by atoms with Crippen LogP contribution < -0.4 is 4.74 Å². The number of hydrogen-bond donors (Lipinski definition) is 0. The van der Waals surface area contributed by atoms with Crippen molar-refractivity contribution in [3.63, 3.8) is 0 Å². The fraction of sp³-hybridized carbons (Fsp3) is 0.588. The van der Waals surface area contributed by atoms with Crippen LogP contribution in [0, 0.1) is 0 Å². The lowest BCUT2D eigenvalue weighted by molar-refractivity contribution is -0.122. The van der Waals surface area contributed by atoms with Gasteiger partial charge >= 0.3 is 0 Å². The minimum absolute atomic E-state index is 0.0172. The van der Waals surface area contributed by atoms with Gasteiger partial charge in [-0.25, -0.2) is 0 Å². The summed E-state index contributed by atoms with van der Waals surface area (Å²) >= 11 is 0. The van der Waals surface area contributed by atoms with Crippen molar-refractivity contribution in [3.8, 4) is 5.75 Å². The van der Waals surface area contributed by atoms with Crippen molar-refractivity contribution in [2.24, 2.45) is 0 Å². The number of hydrogen-bond acceptors (Lipinski definition) is 3. The number of ether oxygens (including phenoxy) is 2. The zero-order chi connectivity index (χ0) is 13.8. The van der Waals surface area contributed by atoms with Gasteiger partial charge in [-0.1, -0.05) is 18.2 Å². The van der Waals surface area contributed by atoms with Crippen LogP contribution in [-0.2, 0) is 9.53 Å². The summed E-state index contributed by atoms with van der Waals surface area (Å²) in [7, 11) is 0. The Morgan fingerprint density at radius 2 is 2.05 bits per heavy atom. The predicted molar refractivity (Wildman–Crippen MR) is 77.1 cm³/mol. The second-order valence-electron chi connectivity index (χ2n) is 5.72. The Bertz CT molecular complexity index is 463. The van der Waals surface area contributed by atoms with E-state index in [9.17, 15) is 4.79 Å². The zero-order valence-corrected chi connectivity index (χ0v) is 11.8. The number of carbonyl (C=O) groups excluding carboxylic acids is 1. The molecule has 2 aliphatic heterocycles. The number of para-hydroxylation sites is 1. The van der Waals surface area contributed by atoms with Crippen LogP contribution in [0.15, 0.2) is 24.3 Å². The summed E-state index contributed by atoms with van der Waals surface area (Å²) < 4.78 is 11.3. The zero-order valence-electron chi connectivity index (χ0n) is 11.8. The Hall–Kier alpha value is -1.35. The summed E-state index contributed by atoms with van der Waals surface area (Å²) in [5.74, 6) is 1.24. The lowest BCUT2D eigenvalue weighted by atomic mass is 9.87. The standard InChI is InChI=1S/C17H22O3/c18-16(9-8-13-5-3-4-11-19-13)14-10-12-20-17-7-2-1-6-15(14)17/h1-2,6-7,13-14H,3-5,8-12H2. The Kier molecular flexibility index (Phi) is 4.36. The van der Waals surface area contributed by atoms with E-state index in [1.165, 1.54) is 6.42 Å². The molecule has 2 heterocycles. The molecule has 2 unspecified atom stereocenters. The van der Waals surface area contributed by atoms with Crippen molar-refractivity contribution in [1.29, 1.82) is 0 Å². The van der Waals surface area contributed by atoms with Gasteiger partial charge in [0, 0.05) is 24.5 Å². The summed E-state index contributed by atoms with van der Waals surface area (Å²) in [6, 6.07) is 7.92. The molecule has 1 aromatic carbocycles. The Morgan fingerprint density at radius 3 is 2.90 bits per heavy atom. The van der Waals surface area contributed by atoms with Crippen LogP contribution in [0.2, 0.25) is 0 Å². The van der Waals surface area contributed by atoms with Crippen LogP contribution in [0.5, 0.6) is 5.75 Å². The van der Waals surface area contributed by atoms with Gasteiger partial charge in [0.1, 0.15) is 11.5 Å². The highest BCUT2D eigenvalue weighted by Gasteiger charge is 2.27. The highest BCUT2D eigenvalue weighted by molar-refractivity contribution is 5.86. The summed E-state index contributed by atoms with van der Waals surface area (Å²) in [5.41, 5.74) is 1.06. The van der Waals surface area contributed by atoms with Crippen molar-refractivity contribution >= 4 is 5.78 Å². The number of Topliss-reactive ketones (excluding diaryl/α,β-unsaturated/α-hetero) is 1. The first-order chi connectivity index (χ1) is 9.84. The molecule has 0 bridgehead atoms. The van der Waals surface area contributed by atoms with Crippen molar-refractivity contribution in [2.45, 2.75) is 50.5 Å². The first-order valence-corrected chi connectivity index (χ1v) is 7.70. The van der Waals surface area contributed by atoms with Gasteiger partial charge < -0.3 is 9.47 Å². The molecular weight excluding hydrogens is 252 g/mol. The molecule has 2 atom stereocenters. The van der Waals surface area contributed by atoms with Gasteiger partial charge in [-0.15, -0.1) is 0 Å². The number of fused-ring (bicyclic) bond motifs is 1. The van der Waals surface area contributed by atoms with Gasteiger partial charge in [0.25, 0.3) is 0 Å². The molecule has 20 heavy (non-hydrogen) atoms. The van der Waals surface area contributed by atoms with Crippen molar-refractivity contribution in [3.05, 3.63) is 29.8 Å². The van der Waals surface area contributed by atoms with Crippen molar-refractivity contribution in [2.75, 3.05) is 13.2 Å². The largest absolute Gasteiger partial charge is 0.493 e. The monoisotopic (exact) mass is 274 g/mol. The second-order valence-corrected chi connectivity index (χ2v) is 5.72. The molecule has 3 heteroatoms. The van der Waals surface area contributed by atoms with Crippen LogP contribution in [-0.4, -0.2) is 25.1 Å². The van der Waals surface area contributed by atoms with E-state index in [2.05, 4.69) is 0 Å². The molecule has 1 saturated heterocycles. The van der Waals surface area contributed by atoms with Crippen LogP contribution in [0.3, 0.4) is 0 Å². The molecule has 3 rings (SSSR count). The molecule has 0 saturated carbocycles. The van der Waals surface area contributed by atoms with E-state index < -0.39 is 0 Å². The first-order valence-electron chi connectivity index (χ1n) is 7.70. The molecule has 3 nitrogen and oxygen atoms in total. The molecule has 0 aliphatic carbocycles. The minimum Gasteiger partial charge on any atom is -0.493 e. The van der Waals surface area contributed by atoms with Crippen LogP contribution >= 0.6 is 0 Å². The van der Waals surface area contributed by atoms with E-state index in [0.29, 0.717) is 24.9 Å². The van der Waals surface area contributed by atoms with E-state index in [1.54, 1.807) is 0 Å².